The minimum Gasteiger partial charge on any atom is -0.497 e. The van der Waals surface area contributed by atoms with Crippen molar-refractivity contribution in [3.05, 3.63) is 70.8 Å². The van der Waals surface area contributed by atoms with E-state index in [2.05, 4.69) is 10.3 Å². The van der Waals surface area contributed by atoms with Crippen LogP contribution < -0.4 is 10.1 Å². The first-order chi connectivity index (χ1) is 15.0. The van der Waals surface area contributed by atoms with Crippen LogP contribution in [0.1, 0.15) is 11.1 Å². The zero-order valence-electron chi connectivity index (χ0n) is 16.9. The SMILES string of the molecule is COc1ccc2c(CCNC(=O)CN3C(=O)S/C(=C\c4ccccc4)C3=O)c[nH]c2c1. The average molecular weight is 436 g/mol. The summed E-state index contributed by atoms with van der Waals surface area (Å²) in [6.07, 6.45) is 4.18. The van der Waals surface area contributed by atoms with Gasteiger partial charge in [-0.05, 0) is 47.5 Å². The quantitative estimate of drug-likeness (QED) is 0.554. The first-order valence-electron chi connectivity index (χ1n) is 9.76. The van der Waals surface area contributed by atoms with Gasteiger partial charge in [0.2, 0.25) is 5.91 Å². The lowest BCUT2D eigenvalue weighted by atomic mass is 10.1. The van der Waals surface area contributed by atoms with Crippen LogP contribution in [-0.4, -0.2) is 47.1 Å². The molecule has 0 spiro atoms. The second-order valence-electron chi connectivity index (χ2n) is 7.00. The molecule has 0 atom stereocenters. The topological polar surface area (TPSA) is 91.5 Å². The summed E-state index contributed by atoms with van der Waals surface area (Å²) < 4.78 is 5.22. The number of aromatic amines is 1. The number of hydrogen-bond acceptors (Lipinski definition) is 5. The predicted octanol–water partition coefficient (Wildman–Crippen LogP) is 3.57. The van der Waals surface area contributed by atoms with Crippen LogP contribution >= 0.6 is 11.8 Å². The molecule has 0 unspecified atom stereocenters. The van der Waals surface area contributed by atoms with E-state index in [0.29, 0.717) is 17.9 Å². The molecule has 0 radical (unpaired) electrons. The molecule has 4 rings (SSSR count). The van der Waals surface area contributed by atoms with Crippen LogP contribution in [0, 0.1) is 0 Å². The summed E-state index contributed by atoms with van der Waals surface area (Å²) >= 11 is 0.849. The molecule has 1 aromatic heterocycles. The number of H-pyrrole nitrogens is 1. The standard InChI is InChI=1S/C23H21N3O4S/c1-30-17-7-8-18-16(13-25-19(18)12-17)9-10-24-21(27)14-26-22(28)20(31-23(26)29)11-15-5-3-2-4-6-15/h2-8,11-13,25H,9-10,14H2,1H3,(H,24,27)/b20-11-. The molecule has 3 aromatic rings. The maximum Gasteiger partial charge on any atom is 0.294 e. The maximum absolute atomic E-state index is 12.5. The van der Waals surface area contributed by atoms with Gasteiger partial charge in [-0.2, -0.15) is 0 Å². The Hall–Kier alpha value is -3.52. The largest absolute Gasteiger partial charge is 0.497 e. The molecule has 31 heavy (non-hydrogen) atoms. The third-order valence-corrected chi connectivity index (χ3v) is 5.87. The van der Waals surface area contributed by atoms with Gasteiger partial charge in [0, 0.05) is 29.7 Å². The number of benzene rings is 2. The summed E-state index contributed by atoms with van der Waals surface area (Å²) in [7, 11) is 1.62. The zero-order chi connectivity index (χ0) is 21.8. The van der Waals surface area contributed by atoms with Crippen molar-refractivity contribution in [1.29, 1.82) is 0 Å². The van der Waals surface area contributed by atoms with Crippen LogP contribution in [0.3, 0.4) is 0 Å². The molecule has 3 amide bonds. The molecule has 8 heteroatoms. The molecule has 158 valence electrons. The number of amides is 3. The Kier molecular flexibility index (Phi) is 6.08. The number of ether oxygens (including phenoxy) is 1. The van der Waals surface area contributed by atoms with Crippen molar-refractivity contribution in [3.63, 3.8) is 0 Å². The highest BCUT2D eigenvalue weighted by Crippen LogP contribution is 2.32. The van der Waals surface area contributed by atoms with Crippen molar-refractivity contribution in [2.75, 3.05) is 20.2 Å². The lowest BCUT2D eigenvalue weighted by molar-refractivity contribution is -0.129. The Balaban J connectivity index is 1.32. The van der Waals surface area contributed by atoms with Crippen LogP contribution in [-0.2, 0) is 16.0 Å². The van der Waals surface area contributed by atoms with Gasteiger partial charge in [-0.25, -0.2) is 0 Å². The van der Waals surface area contributed by atoms with Crippen LogP contribution in [0.2, 0.25) is 0 Å². The van der Waals surface area contributed by atoms with E-state index in [4.69, 9.17) is 4.74 Å². The number of rotatable bonds is 7. The van der Waals surface area contributed by atoms with Crippen LogP contribution in [0.25, 0.3) is 17.0 Å². The van der Waals surface area contributed by atoms with E-state index >= 15 is 0 Å². The van der Waals surface area contributed by atoms with Gasteiger partial charge < -0.3 is 15.0 Å². The molecule has 1 aliphatic rings. The van der Waals surface area contributed by atoms with E-state index in [1.54, 1.807) is 13.2 Å². The van der Waals surface area contributed by atoms with Crippen molar-refractivity contribution in [3.8, 4) is 5.75 Å². The molecule has 0 aliphatic carbocycles. The van der Waals surface area contributed by atoms with Crippen LogP contribution in [0.15, 0.2) is 59.6 Å². The van der Waals surface area contributed by atoms with Crippen molar-refractivity contribution >= 4 is 45.8 Å². The van der Waals surface area contributed by atoms with Gasteiger partial charge >= 0.3 is 0 Å². The predicted molar refractivity (Wildman–Crippen MR) is 121 cm³/mol. The summed E-state index contributed by atoms with van der Waals surface area (Å²) in [6.45, 7) is 0.107. The molecule has 1 saturated heterocycles. The van der Waals surface area contributed by atoms with Gasteiger partial charge in [0.05, 0.1) is 12.0 Å². The number of methoxy groups -OCH3 is 1. The number of nitrogens with one attached hydrogen (secondary N) is 2. The molecular formula is C23H21N3O4S. The zero-order valence-corrected chi connectivity index (χ0v) is 17.7. The maximum atomic E-state index is 12.5. The Morgan fingerprint density at radius 1 is 1.19 bits per heavy atom. The fraction of sp³-hybridized carbons (Fsp3) is 0.174. The Morgan fingerprint density at radius 2 is 2.00 bits per heavy atom. The van der Waals surface area contributed by atoms with E-state index in [9.17, 15) is 14.4 Å². The number of aromatic nitrogens is 1. The Bertz CT molecular complexity index is 1170. The number of carbonyl (C=O) groups excluding carboxylic acids is 3. The molecule has 7 nitrogen and oxygen atoms in total. The lowest BCUT2D eigenvalue weighted by Crippen LogP contribution is -2.40. The molecule has 2 aromatic carbocycles. The van der Waals surface area contributed by atoms with Crippen LogP contribution in [0.5, 0.6) is 5.75 Å². The molecule has 2 heterocycles. The summed E-state index contributed by atoms with van der Waals surface area (Å²) in [4.78, 5) is 41.6. The van der Waals surface area contributed by atoms with Crippen molar-refractivity contribution in [2.24, 2.45) is 0 Å². The van der Waals surface area contributed by atoms with Crippen molar-refractivity contribution < 1.29 is 19.1 Å². The second kappa shape index (κ2) is 9.09. The molecule has 1 fully saturated rings. The third kappa shape index (κ3) is 4.64. The number of thioether (sulfide) groups is 1. The van der Waals surface area contributed by atoms with Gasteiger partial charge in [-0.3, -0.25) is 19.3 Å². The van der Waals surface area contributed by atoms with Crippen LogP contribution in [0.4, 0.5) is 4.79 Å². The van der Waals surface area contributed by atoms with Gasteiger partial charge in [-0.15, -0.1) is 0 Å². The van der Waals surface area contributed by atoms with Crippen molar-refractivity contribution in [2.45, 2.75) is 6.42 Å². The van der Waals surface area contributed by atoms with E-state index < -0.39 is 11.1 Å². The number of nitrogens with zero attached hydrogens (tertiary/aromatic N) is 1. The average Bonchev–Trinajstić information content (AvgIpc) is 3.30. The number of imide groups is 1. The van der Waals surface area contributed by atoms with Gasteiger partial charge in [0.25, 0.3) is 11.1 Å². The van der Waals surface area contributed by atoms with E-state index in [1.807, 2.05) is 54.7 Å². The third-order valence-electron chi connectivity index (χ3n) is 4.96. The molecular weight excluding hydrogens is 414 g/mol. The smallest absolute Gasteiger partial charge is 0.294 e. The normalized spacial score (nSPS) is 15.1. The number of carbonyl (C=O) groups is 3. The number of fused-ring (bicyclic) bond motifs is 1. The summed E-state index contributed by atoms with van der Waals surface area (Å²) in [5.74, 6) is -0.0444. The Labute approximate surface area is 183 Å². The van der Waals surface area contributed by atoms with Gasteiger partial charge in [0.1, 0.15) is 12.3 Å². The lowest BCUT2D eigenvalue weighted by Gasteiger charge is -2.12. The summed E-state index contributed by atoms with van der Waals surface area (Å²) in [5, 5.41) is 3.41. The van der Waals surface area contributed by atoms with E-state index in [-0.39, 0.29) is 12.5 Å². The summed E-state index contributed by atoms with van der Waals surface area (Å²) in [5.41, 5.74) is 2.85. The van der Waals surface area contributed by atoms with Gasteiger partial charge in [-0.1, -0.05) is 30.3 Å². The fourth-order valence-electron chi connectivity index (χ4n) is 3.37. The summed E-state index contributed by atoms with van der Waals surface area (Å²) in [6, 6.07) is 15.1. The highest BCUT2D eigenvalue weighted by atomic mass is 32.2. The minimum absolute atomic E-state index is 0.290. The highest BCUT2D eigenvalue weighted by molar-refractivity contribution is 8.18. The Morgan fingerprint density at radius 3 is 2.77 bits per heavy atom. The first kappa shape index (κ1) is 20.7. The van der Waals surface area contributed by atoms with E-state index in [0.717, 1.165) is 44.4 Å². The second-order valence-corrected chi connectivity index (χ2v) is 8.00. The highest BCUT2D eigenvalue weighted by Gasteiger charge is 2.36. The fourth-order valence-corrected chi connectivity index (χ4v) is 4.21. The first-order valence-corrected chi connectivity index (χ1v) is 10.6. The monoisotopic (exact) mass is 435 g/mol. The molecule has 2 N–H and O–H groups in total. The van der Waals surface area contributed by atoms with Gasteiger partial charge in [0.15, 0.2) is 0 Å². The molecule has 0 saturated carbocycles. The molecule has 1 aliphatic heterocycles. The van der Waals surface area contributed by atoms with E-state index in [1.165, 1.54) is 0 Å². The van der Waals surface area contributed by atoms with Crippen molar-refractivity contribution in [1.82, 2.24) is 15.2 Å². The minimum atomic E-state index is -0.445. The number of hydrogen-bond donors (Lipinski definition) is 2. The molecule has 0 bridgehead atoms.